The average molecular weight is 227 g/mol. The van der Waals surface area contributed by atoms with Crippen LogP contribution in [0.3, 0.4) is 0 Å². The molecule has 0 saturated heterocycles. The first-order valence-electron chi connectivity index (χ1n) is 5.69. The number of hydrogen-bond donors (Lipinski definition) is 1. The van der Waals surface area contributed by atoms with Crippen LogP contribution in [0.25, 0.3) is 5.69 Å². The molecule has 86 valence electrons. The van der Waals surface area contributed by atoms with Gasteiger partial charge in [-0.2, -0.15) is 5.10 Å². The van der Waals surface area contributed by atoms with E-state index >= 15 is 0 Å². The first-order chi connectivity index (χ1) is 8.25. The van der Waals surface area contributed by atoms with E-state index in [0.29, 0.717) is 6.42 Å². The zero-order valence-corrected chi connectivity index (χ0v) is 9.60. The number of anilines is 1. The van der Waals surface area contributed by atoms with Gasteiger partial charge in [-0.05, 0) is 25.5 Å². The van der Waals surface area contributed by atoms with Crippen LogP contribution in [0.15, 0.2) is 30.3 Å². The van der Waals surface area contributed by atoms with E-state index in [0.717, 1.165) is 29.2 Å². The Balaban J connectivity index is 2.16. The van der Waals surface area contributed by atoms with E-state index in [4.69, 9.17) is 0 Å². The third-order valence-corrected chi connectivity index (χ3v) is 3.05. The van der Waals surface area contributed by atoms with Crippen molar-refractivity contribution in [2.45, 2.75) is 19.8 Å². The second-order valence-corrected chi connectivity index (χ2v) is 4.21. The lowest BCUT2D eigenvalue weighted by Gasteiger charge is -2.15. The van der Waals surface area contributed by atoms with Gasteiger partial charge in [0.25, 0.3) is 0 Å². The summed E-state index contributed by atoms with van der Waals surface area (Å²) in [4.78, 5) is 11.5. The zero-order valence-electron chi connectivity index (χ0n) is 9.60. The zero-order chi connectivity index (χ0) is 11.8. The Bertz CT molecular complexity index is 572. The Morgan fingerprint density at radius 1 is 1.24 bits per heavy atom. The molecule has 0 radical (unpaired) electrons. The lowest BCUT2D eigenvalue weighted by molar-refractivity contribution is -0.116. The SMILES string of the molecule is Cc1nn(-c2ccccc2)c2c1CCC(=O)N2. The number of rotatable bonds is 1. The van der Waals surface area contributed by atoms with Gasteiger partial charge in [0.2, 0.25) is 5.91 Å². The van der Waals surface area contributed by atoms with Gasteiger partial charge in [0.1, 0.15) is 5.82 Å². The number of benzene rings is 1. The summed E-state index contributed by atoms with van der Waals surface area (Å²) in [5.74, 6) is 0.888. The summed E-state index contributed by atoms with van der Waals surface area (Å²) in [7, 11) is 0. The predicted molar refractivity (Wildman–Crippen MR) is 65.3 cm³/mol. The number of nitrogens with one attached hydrogen (secondary N) is 1. The molecule has 0 saturated carbocycles. The van der Waals surface area contributed by atoms with Gasteiger partial charge in [0.05, 0.1) is 11.4 Å². The first kappa shape index (κ1) is 10.1. The van der Waals surface area contributed by atoms with E-state index in [1.165, 1.54) is 0 Å². The van der Waals surface area contributed by atoms with Crippen molar-refractivity contribution in [3.05, 3.63) is 41.6 Å². The summed E-state index contributed by atoms with van der Waals surface area (Å²) in [6.07, 6.45) is 1.33. The molecule has 0 fully saturated rings. The van der Waals surface area contributed by atoms with Gasteiger partial charge >= 0.3 is 0 Å². The maximum Gasteiger partial charge on any atom is 0.225 e. The second kappa shape index (κ2) is 3.73. The standard InChI is InChI=1S/C13H13N3O/c1-9-11-7-8-12(17)14-13(11)16(15-9)10-5-3-2-4-6-10/h2-6H,7-8H2,1H3,(H,14,17). The summed E-state index contributed by atoms with van der Waals surface area (Å²) in [6.45, 7) is 1.98. The molecule has 0 aliphatic carbocycles. The molecular formula is C13H13N3O. The lowest BCUT2D eigenvalue weighted by Crippen LogP contribution is -2.20. The van der Waals surface area contributed by atoms with Crippen molar-refractivity contribution in [3.8, 4) is 5.69 Å². The molecule has 1 aliphatic rings. The van der Waals surface area contributed by atoms with Crippen molar-refractivity contribution in [2.24, 2.45) is 0 Å². The van der Waals surface area contributed by atoms with Crippen LogP contribution in [0, 0.1) is 6.92 Å². The summed E-state index contributed by atoms with van der Waals surface area (Å²) in [6, 6.07) is 9.85. The van der Waals surface area contributed by atoms with E-state index in [1.54, 1.807) is 0 Å². The minimum Gasteiger partial charge on any atom is -0.310 e. The molecule has 0 unspecified atom stereocenters. The molecule has 3 rings (SSSR count). The largest absolute Gasteiger partial charge is 0.310 e. The normalized spacial score (nSPS) is 14.3. The molecule has 1 aromatic carbocycles. The number of aromatic nitrogens is 2. The predicted octanol–water partition coefficient (Wildman–Crippen LogP) is 2.07. The Hall–Kier alpha value is -2.10. The minimum absolute atomic E-state index is 0.0644. The third-order valence-electron chi connectivity index (χ3n) is 3.05. The Morgan fingerprint density at radius 2 is 2.00 bits per heavy atom. The topological polar surface area (TPSA) is 46.9 Å². The molecule has 4 nitrogen and oxygen atoms in total. The van der Waals surface area contributed by atoms with Crippen LogP contribution in [-0.2, 0) is 11.2 Å². The van der Waals surface area contributed by atoms with Gasteiger partial charge < -0.3 is 5.32 Å². The van der Waals surface area contributed by atoms with Gasteiger partial charge in [-0.3, -0.25) is 4.79 Å². The maximum atomic E-state index is 11.5. The lowest BCUT2D eigenvalue weighted by atomic mass is 10.1. The highest BCUT2D eigenvalue weighted by Gasteiger charge is 2.22. The van der Waals surface area contributed by atoms with E-state index in [9.17, 15) is 4.79 Å². The molecular weight excluding hydrogens is 214 g/mol. The quantitative estimate of drug-likeness (QED) is 0.810. The monoisotopic (exact) mass is 227 g/mol. The number of carbonyl (C=O) groups excluding carboxylic acids is 1. The van der Waals surface area contributed by atoms with E-state index in [1.807, 2.05) is 41.9 Å². The minimum atomic E-state index is 0.0644. The van der Waals surface area contributed by atoms with Gasteiger partial charge in [-0.1, -0.05) is 18.2 Å². The van der Waals surface area contributed by atoms with Gasteiger partial charge in [-0.15, -0.1) is 0 Å². The van der Waals surface area contributed by atoms with Crippen LogP contribution < -0.4 is 5.32 Å². The molecule has 1 aliphatic heterocycles. The van der Waals surface area contributed by atoms with Crippen molar-refractivity contribution >= 4 is 11.7 Å². The Kier molecular flexibility index (Phi) is 2.21. The van der Waals surface area contributed by atoms with E-state index in [-0.39, 0.29) is 5.91 Å². The van der Waals surface area contributed by atoms with Crippen molar-refractivity contribution < 1.29 is 4.79 Å². The van der Waals surface area contributed by atoms with Crippen molar-refractivity contribution in [1.29, 1.82) is 0 Å². The van der Waals surface area contributed by atoms with Crippen LogP contribution in [0.1, 0.15) is 17.7 Å². The number of fused-ring (bicyclic) bond motifs is 1. The summed E-state index contributed by atoms with van der Waals surface area (Å²) in [5.41, 5.74) is 3.11. The smallest absolute Gasteiger partial charge is 0.225 e. The molecule has 0 spiro atoms. The summed E-state index contributed by atoms with van der Waals surface area (Å²) in [5, 5.41) is 7.41. The van der Waals surface area contributed by atoms with Crippen LogP contribution in [0.5, 0.6) is 0 Å². The number of para-hydroxylation sites is 1. The van der Waals surface area contributed by atoms with Crippen LogP contribution >= 0.6 is 0 Å². The molecule has 1 N–H and O–H groups in total. The summed E-state index contributed by atoms with van der Waals surface area (Å²) >= 11 is 0. The third kappa shape index (κ3) is 1.62. The molecule has 2 heterocycles. The van der Waals surface area contributed by atoms with Gasteiger partial charge in [0, 0.05) is 12.0 Å². The van der Waals surface area contributed by atoms with E-state index in [2.05, 4.69) is 10.4 Å². The van der Waals surface area contributed by atoms with Crippen molar-refractivity contribution in [3.63, 3.8) is 0 Å². The van der Waals surface area contributed by atoms with Crippen molar-refractivity contribution in [2.75, 3.05) is 5.32 Å². The highest BCUT2D eigenvalue weighted by molar-refractivity contribution is 5.93. The molecule has 2 aromatic rings. The fraction of sp³-hybridized carbons (Fsp3) is 0.231. The van der Waals surface area contributed by atoms with E-state index < -0.39 is 0 Å². The summed E-state index contributed by atoms with van der Waals surface area (Å²) < 4.78 is 1.81. The van der Waals surface area contributed by atoms with Gasteiger partial charge in [-0.25, -0.2) is 4.68 Å². The van der Waals surface area contributed by atoms with Crippen molar-refractivity contribution in [1.82, 2.24) is 9.78 Å². The fourth-order valence-corrected chi connectivity index (χ4v) is 2.18. The maximum absolute atomic E-state index is 11.5. The Morgan fingerprint density at radius 3 is 2.76 bits per heavy atom. The van der Waals surface area contributed by atoms with Crippen LogP contribution in [0.4, 0.5) is 5.82 Å². The molecule has 0 atom stereocenters. The van der Waals surface area contributed by atoms with Gasteiger partial charge in [0.15, 0.2) is 0 Å². The number of amides is 1. The fourth-order valence-electron chi connectivity index (χ4n) is 2.18. The number of nitrogens with zero attached hydrogens (tertiary/aromatic N) is 2. The van der Waals surface area contributed by atoms with Crippen LogP contribution in [-0.4, -0.2) is 15.7 Å². The average Bonchev–Trinajstić information content (AvgIpc) is 2.67. The second-order valence-electron chi connectivity index (χ2n) is 4.21. The first-order valence-corrected chi connectivity index (χ1v) is 5.69. The van der Waals surface area contributed by atoms with Crippen LogP contribution in [0.2, 0.25) is 0 Å². The number of hydrogen-bond acceptors (Lipinski definition) is 2. The molecule has 1 aromatic heterocycles. The molecule has 4 heteroatoms. The molecule has 17 heavy (non-hydrogen) atoms. The molecule has 0 bridgehead atoms. The highest BCUT2D eigenvalue weighted by atomic mass is 16.1. The number of aryl methyl sites for hydroxylation is 1. The highest BCUT2D eigenvalue weighted by Crippen LogP contribution is 2.27. The molecule has 1 amide bonds. The Labute approximate surface area is 99.3 Å². The number of carbonyl (C=O) groups is 1.